The highest BCUT2D eigenvalue weighted by Crippen LogP contribution is 2.21. The predicted octanol–water partition coefficient (Wildman–Crippen LogP) is 3.61. The van der Waals surface area contributed by atoms with Crippen LogP contribution >= 0.6 is 24.0 Å². The Kier molecular flexibility index (Phi) is 12.1. The second-order valence-electron chi connectivity index (χ2n) is 6.83. The van der Waals surface area contributed by atoms with Gasteiger partial charge in [-0.2, -0.15) is 0 Å². The van der Waals surface area contributed by atoms with Crippen LogP contribution < -0.4 is 20.9 Å². The van der Waals surface area contributed by atoms with Crippen molar-refractivity contribution in [3.05, 3.63) is 64.6 Å². The summed E-state index contributed by atoms with van der Waals surface area (Å²) in [5.41, 5.74) is 1.36. The molecule has 0 aliphatic rings. The normalized spacial score (nSPS) is 12.0. The number of rotatable bonds is 10. The Morgan fingerprint density at radius 1 is 1.10 bits per heavy atom. The van der Waals surface area contributed by atoms with Gasteiger partial charge in [0.25, 0.3) is 0 Å². The molecule has 29 heavy (non-hydrogen) atoms. The van der Waals surface area contributed by atoms with Crippen LogP contribution in [0.1, 0.15) is 37.7 Å². The van der Waals surface area contributed by atoms with Crippen LogP contribution in [0.2, 0.25) is 0 Å². The van der Waals surface area contributed by atoms with Crippen LogP contribution in [-0.2, 0) is 6.54 Å². The van der Waals surface area contributed by atoms with E-state index in [0.29, 0.717) is 5.92 Å². The first kappa shape index (κ1) is 25.0. The number of aliphatic imine (C=N–C) groups is 1. The monoisotopic (exact) mass is 512 g/mol. The zero-order valence-electron chi connectivity index (χ0n) is 17.6. The van der Waals surface area contributed by atoms with Crippen LogP contribution in [0.15, 0.2) is 58.4 Å². The molecule has 1 atom stereocenters. The SMILES string of the molecule is CN=C(NCCCCn1ccccc1=O)NCCC(C)c1ccc(OC)cc1.I. The van der Waals surface area contributed by atoms with Gasteiger partial charge in [-0.1, -0.05) is 25.1 Å². The first-order chi connectivity index (χ1) is 13.6. The fourth-order valence-electron chi connectivity index (χ4n) is 2.99. The number of hydrogen-bond donors (Lipinski definition) is 2. The highest BCUT2D eigenvalue weighted by molar-refractivity contribution is 14.0. The summed E-state index contributed by atoms with van der Waals surface area (Å²) in [4.78, 5) is 15.9. The fraction of sp³-hybridized carbons (Fsp3) is 0.455. The maximum atomic E-state index is 11.7. The molecule has 1 unspecified atom stereocenters. The van der Waals surface area contributed by atoms with E-state index in [0.717, 1.165) is 50.6 Å². The average Bonchev–Trinajstić information content (AvgIpc) is 2.73. The lowest BCUT2D eigenvalue weighted by Crippen LogP contribution is -2.38. The zero-order chi connectivity index (χ0) is 20.2. The van der Waals surface area contributed by atoms with Gasteiger partial charge < -0.3 is 19.9 Å². The molecular formula is C22H33IN4O2. The van der Waals surface area contributed by atoms with Gasteiger partial charge in [-0.3, -0.25) is 9.79 Å². The highest BCUT2D eigenvalue weighted by Gasteiger charge is 2.06. The number of aromatic nitrogens is 1. The number of pyridine rings is 1. The first-order valence-corrected chi connectivity index (χ1v) is 9.88. The molecule has 1 aromatic heterocycles. The highest BCUT2D eigenvalue weighted by atomic mass is 127. The van der Waals surface area contributed by atoms with Crippen molar-refractivity contribution in [2.75, 3.05) is 27.2 Å². The zero-order valence-corrected chi connectivity index (χ0v) is 19.9. The molecule has 0 fully saturated rings. The molecule has 0 radical (unpaired) electrons. The number of methoxy groups -OCH3 is 1. The van der Waals surface area contributed by atoms with E-state index >= 15 is 0 Å². The lowest BCUT2D eigenvalue weighted by Gasteiger charge is -2.15. The number of nitrogens with one attached hydrogen (secondary N) is 2. The Hall–Kier alpha value is -2.03. The summed E-state index contributed by atoms with van der Waals surface area (Å²) >= 11 is 0. The van der Waals surface area contributed by atoms with Crippen molar-refractivity contribution in [3.63, 3.8) is 0 Å². The van der Waals surface area contributed by atoms with Crippen molar-refractivity contribution in [2.24, 2.45) is 4.99 Å². The number of nitrogens with zero attached hydrogens (tertiary/aromatic N) is 2. The summed E-state index contributed by atoms with van der Waals surface area (Å²) in [6.07, 6.45) is 4.77. The van der Waals surface area contributed by atoms with E-state index < -0.39 is 0 Å². The van der Waals surface area contributed by atoms with Crippen molar-refractivity contribution in [3.8, 4) is 5.75 Å². The molecule has 0 amide bonds. The molecule has 0 saturated heterocycles. The van der Waals surface area contributed by atoms with Crippen LogP contribution in [0.4, 0.5) is 0 Å². The van der Waals surface area contributed by atoms with E-state index in [2.05, 4.69) is 34.7 Å². The largest absolute Gasteiger partial charge is 0.497 e. The molecule has 0 bridgehead atoms. The molecule has 0 aliphatic heterocycles. The van der Waals surface area contributed by atoms with Crippen molar-refractivity contribution < 1.29 is 4.74 Å². The third-order valence-electron chi connectivity index (χ3n) is 4.80. The summed E-state index contributed by atoms with van der Waals surface area (Å²) in [5.74, 6) is 2.16. The van der Waals surface area contributed by atoms with Crippen LogP contribution in [0.3, 0.4) is 0 Å². The molecule has 1 aromatic carbocycles. The Morgan fingerprint density at radius 2 is 1.83 bits per heavy atom. The van der Waals surface area contributed by atoms with E-state index in [-0.39, 0.29) is 29.5 Å². The number of aryl methyl sites for hydroxylation is 1. The number of halogens is 1. The third-order valence-corrected chi connectivity index (χ3v) is 4.80. The fourth-order valence-corrected chi connectivity index (χ4v) is 2.99. The van der Waals surface area contributed by atoms with Crippen LogP contribution in [-0.4, -0.2) is 37.8 Å². The Labute approximate surface area is 190 Å². The maximum Gasteiger partial charge on any atom is 0.250 e. The molecular weight excluding hydrogens is 479 g/mol. The number of guanidine groups is 1. The van der Waals surface area contributed by atoms with Gasteiger partial charge in [-0.15, -0.1) is 24.0 Å². The van der Waals surface area contributed by atoms with Crippen LogP contribution in [0, 0.1) is 0 Å². The number of hydrogen-bond acceptors (Lipinski definition) is 3. The van der Waals surface area contributed by atoms with Gasteiger partial charge in [0, 0.05) is 38.9 Å². The summed E-state index contributed by atoms with van der Waals surface area (Å²) in [6, 6.07) is 13.5. The van der Waals surface area contributed by atoms with Gasteiger partial charge in [0.1, 0.15) is 5.75 Å². The molecule has 6 nitrogen and oxygen atoms in total. The Morgan fingerprint density at radius 3 is 2.48 bits per heavy atom. The van der Waals surface area contributed by atoms with Gasteiger partial charge in [0.2, 0.25) is 5.56 Å². The molecule has 0 spiro atoms. The van der Waals surface area contributed by atoms with Crippen molar-refractivity contribution in [2.45, 2.75) is 38.6 Å². The molecule has 0 aliphatic carbocycles. The molecule has 1 heterocycles. The van der Waals surface area contributed by atoms with E-state index in [1.807, 2.05) is 24.4 Å². The van der Waals surface area contributed by atoms with Gasteiger partial charge in [0.05, 0.1) is 7.11 Å². The average molecular weight is 512 g/mol. The number of ether oxygens (including phenoxy) is 1. The summed E-state index contributed by atoms with van der Waals surface area (Å²) in [6.45, 7) is 4.65. The molecule has 7 heteroatoms. The second kappa shape index (κ2) is 14.0. The molecule has 160 valence electrons. The minimum absolute atomic E-state index is 0. The van der Waals surface area contributed by atoms with Gasteiger partial charge in [-0.05, 0) is 48.9 Å². The summed E-state index contributed by atoms with van der Waals surface area (Å²) in [5, 5.41) is 6.70. The van der Waals surface area contributed by atoms with E-state index in [4.69, 9.17) is 4.74 Å². The standard InChI is InChI=1S/C22H32N4O2.HI/c1-18(19-9-11-20(28-3)12-10-19)13-15-25-22(23-2)24-14-5-7-17-26-16-6-4-8-21(26)27;/h4,6,8-12,16,18H,5,7,13-15,17H2,1-3H3,(H2,23,24,25);1H. The molecule has 2 rings (SSSR count). The van der Waals surface area contributed by atoms with Crippen LogP contribution in [0.5, 0.6) is 5.75 Å². The Bertz CT molecular complexity index is 790. The first-order valence-electron chi connectivity index (χ1n) is 9.88. The summed E-state index contributed by atoms with van der Waals surface area (Å²) in [7, 11) is 3.47. The molecule has 0 saturated carbocycles. The minimum atomic E-state index is 0. The van der Waals surface area contributed by atoms with Crippen molar-refractivity contribution in [1.29, 1.82) is 0 Å². The van der Waals surface area contributed by atoms with E-state index in [1.54, 1.807) is 30.9 Å². The van der Waals surface area contributed by atoms with Gasteiger partial charge in [0.15, 0.2) is 5.96 Å². The van der Waals surface area contributed by atoms with Crippen molar-refractivity contribution in [1.82, 2.24) is 15.2 Å². The lowest BCUT2D eigenvalue weighted by atomic mass is 9.98. The van der Waals surface area contributed by atoms with E-state index in [1.165, 1.54) is 5.56 Å². The quantitative estimate of drug-likeness (QED) is 0.221. The third kappa shape index (κ3) is 8.89. The second-order valence-corrected chi connectivity index (χ2v) is 6.83. The van der Waals surface area contributed by atoms with Gasteiger partial charge >= 0.3 is 0 Å². The Balaban J connectivity index is 0.00000420. The minimum Gasteiger partial charge on any atom is -0.497 e. The van der Waals surface area contributed by atoms with Crippen molar-refractivity contribution >= 4 is 29.9 Å². The van der Waals surface area contributed by atoms with Crippen LogP contribution in [0.25, 0.3) is 0 Å². The number of benzene rings is 1. The smallest absolute Gasteiger partial charge is 0.250 e. The lowest BCUT2D eigenvalue weighted by molar-refractivity contribution is 0.414. The topological polar surface area (TPSA) is 67.7 Å². The van der Waals surface area contributed by atoms with E-state index in [9.17, 15) is 4.79 Å². The summed E-state index contributed by atoms with van der Waals surface area (Å²) < 4.78 is 6.95. The maximum absolute atomic E-state index is 11.7. The molecule has 2 N–H and O–H groups in total. The molecule has 2 aromatic rings. The predicted molar refractivity (Wildman–Crippen MR) is 131 cm³/mol. The van der Waals surface area contributed by atoms with Gasteiger partial charge in [-0.25, -0.2) is 0 Å². The number of unbranched alkanes of at least 4 members (excludes halogenated alkanes) is 1.